The number of aliphatic hydroxyl groups excluding tert-OH is 1. The highest BCUT2D eigenvalue weighted by Crippen LogP contribution is 2.33. The van der Waals surface area contributed by atoms with E-state index in [1.165, 1.54) is 161 Å². The molecular formula is C47H76O5. The molecule has 52 heavy (non-hydrogen) atoms. The maximum atomic E-state index is 13.9. The molecule has 3 saturated carbocycles. The number of aliphatic hydroxyl groups is 1. The maximum Gasteiger partial charge on any atom is 0.336 e. The van der Waals surface area contributed by atoms with Crippen LogP contribution in [0.1, 0.15) is 205 Å². The van der Waals surface area contributed by atoms with Gasteiger partial charge in [-0.05, 0) is 82.1 Å². The Labute approximate surface area is 318 Å². The number of ether oxygens (including phenoxy) is 2. The molecule has 5 heteroatoms. The Kier molecular flexibility index (Phi) is 23.0. The van der Waals surface area contributed by atoms with E-state index in [4.69, 9.17) is 9.47 Å². The summed E-state index contributed by atoms with van der Waals surface area (Å²) in [6, 6.07) is 9.44. The average Bonchev–Trinajstić information content (AvgIpc) is 3.17. The van der Waals surface area contributed by atoms with Gasteiger partial charge in [0.1, 0.15) is 12.2 Å². The molecule has 1 aromatic carbocycles. The maximum absolute atomic E-state index is 13.9. The van der Waals surface area contributed by atoms with Crippen LogP contribution in [0.15, 0.2) is 54.1 Å². The van der Waals surface area contributed by atoms with Gasteiger partial charge in [0.2, 0.25) is 0 Å². The molecule has 0 heterocycles. The first kappa shape index (κ1) is 44.0. The van der Waals surface area contributed by atoms with Gasteiger partial charge in [-0.1, -0.05) is 172 Å². The van der Waals surface area contributed by atoms with Crippen molar-refractivity contribution in [3.8, 4) is 0 Å². The van der Waals surface area contributed by atoms with Gasteiger partial charge in [0, 0.05) is 5.57 Å². The van der Waals surface area contributed by atoms with E-state index in [9.17, 15) is 14.7 Å². The molecule has 294 valence electrons. The first-order valence-electron chi connectivity index (χ1n) is 21.9. The number of rotatable bonds is 9. The van der Waals surface area contributed by atoms with Crippen molar-refractivity contribution in [1.29, 1.82) is 0 Å². The number of allylic oxidation sites excluding steroid dienone is 1. The molecule has 1 N–H and O–H groups in total. The van der Waals surface area contributed by atoms with Gasteiger partial charge in [0.15, 0.2) is 0 Å². The molecule has 0 amide bonds. The minimum atomic E-state index is -0.828. The predicted octanol–water partition coefficient (Wildman–Crippen LogP) is 13.2. The summed E-state index contributed by atoms with van der Waals surface area (Å²) in [4.78, 5) is 25.5. The fourth-order valence-corrected chi connectivity index (χ4v) is 8.27. The van der Waals surface area contributed by atoms with Gasteiger partial charge in [-0.25, -0.2) is 9.59 Å². The molecular weight excluding hydrogens is 645 g/mol. The summed E-state index contributed by atoms with van der Waals surface area (Å²) in [5.74, 6) is 0.535. The van der Waals surface area contributed by atoms with E-state index < -0.39 is 12.1 Å². The third-order valence-corrected chi connectivity index (χ3v) is 11.8. The van der Waals surface area contributed by atoms with Crippen molar-refractivity contribution in [3.05, 3.63) is 59.7 Å². The average molecular weight is 721 g/mol. The van der Waals surface area contributed by atoms with Gasteiger partial charge in [-0.15, -0.1) is 0 Å². The van der Waals surface area contributed by atoms with Crippen LogP contribution in [-0.4, -0.2) is 29.3 Å². The van der Waals surface area contributed by atoms with E-state index in [2.05, 4.69) is 12.7 Å². The Hall–Kier alpha value is -2.40. The van der Waals surface area contributed by atoms with Crippen molar-refractivity contribution in [2.24, 2.45) is 11.8 Å². The predicted molar refractivity (Wildman–Crippen MR) is 216 cm³/mol. The minimum Gasteiger partial charge on any atom is -0.459 e. The van der Waals surface area contributed by atoms with Crippen molar-refractivity contribution in [1.82, 2.24) is 0 Å². The van der Waals surface area contributed by atoms with Gasteiger partial charge >= 0.3 is 11.9 Å². The summed E-state index contributed by atoms with van der Waals surface area (Å²) in [7, 11) is 0. The first-order valence-corrected chi connectivity index (χ1v) is 21.9. The lowest BCUT2D eigenvalue weighted by molar-refractivity contribution is -0.146. The molecule has 0 aliphatic heterocycles. The number of hydrogen-bond donors (Lipinski definition) is 1. The lowest BCUT2D eigenvalue weighted by atomic mass is 9.83. The zero-order valence-corrected chi connectivity index (χ0v) is 33.4. The lowest BCUT2D eigenvalue weighted by Crippen LogP contribution is -2.24. The highest BCUT2D eigenvalue weighted by atomic mass is 16.5. The molecule has 4 rings (SSSR count). The molecule has 3 aliphatic carbocycles. The molecule has 0 radical (unpaired) electrons. The number of carbonyl (C=O) groups excluding carboxylic acids is 2. The summed E-state index contributed by atoms with van der Waals surface area (Å²) in [6.45, 7) is 7.12. The van der Waals surface area contributed by atoms with Gasteiger partial charge < -0.3 is 14.6 Å². The second-order valence-electron chi connectivity index (χ2n) is 16.2. The van der Waals surface area contributed by atoms with Crippen LogP contribution in [0.3, 0.4) is 0 Å². The van der Waals surface area contributed by atoms with E-state index >= 15 is 0 Å². The Bertz CT molecular complexity index is 1110. The van der Waals surface area contributed by atoms with E-state index in [0.717, 1.165) is 24.0 Å². The van der Waals surface area contributed by atoms with Gasteiger partial charge in [0.25, 0.3) is 0 Å². The van der Waals surface area contributed by atoms with Crippen LogP contribution in [-0.2, 0) is 19.1 Å². The molecule has 3 aliphatic rings. The third-order valence-electron chi connectivity index (χ3n) is 11.8. The molecule has 0 aromatic heterocycles. The summed E-state index contributed by atoms with van der Waals surface area (Å²) in [5, 5.41) is 9.48. The molecule has 1 aromatic rings. The molecule has 0 saturated heterocycles. The van der Waals surface area contributed by atoms with E-state index in [1.54, 1.807) is 13.8 Å². The van der Waals surface area contributed by atoms with Gasteiger partial charge in [-0.3, -0.25) is 0 Å². The van der Waals surface area contributed by atoms with E-state index in [0.29, 0.717) is 18.3 Å². The van der Waals surface area contributed by atoms with Crippen LogP contribution in [0.4, 0.5) is 0 Å². The summed E-state index contributed by atoms with van der Waals surface area (Å²) < 4.78 is 11.6. The van der Waals surface area contributed by atoms with Crippen LogP contribution in [0, 0.1) is 11.8 Å². The largest absolute Gasteiger partial charge is 0.459 e. The SMILES string of the molecule is C=C(C(=O)OC(C)c1ccccc1)C(O)CC.O=C(OC1CCCCCCCCC1)C(=CC1CCCCCCCCC1)C1CCCCCCCCC1. The second-order valence-corrected chi connectivity index (χ2v) is 16.2. The number of hydrogen-bond acceptors (Lipinski definition) is 5. The Morgan fingerprint density at radius 2 is 1.10 bits per heavy atom. The van der Waals surface area contributed by atoms with Crippen molar-refractivity contribution < 1.29 is 24.2 Å². The fraction of sp³-hybridized carbons (Fsp3) is 0.745. The summed E-state index contributed by atoms with van der Waals surface area (Å²) in [6.07, 6.45) is 37.2. The van der Waals surface area contributed by atoms with Crippen LogP contribution < -0.4 is 0 Å². The van der Waals surface area contributed by atoms with Crippen molar-refractivity contribution in [2.75, 3.05) is 0 Å². The Morgan fingerprint density at radius 3 is 1.56 bits per heavy atom. The Balaban J connectivity index is 0.000000359. The summed E-state index contributed by atoms with van der Waals surface area (Å²) in [5.41, 5.74) is 2.12. The van der Waals surface area contributed by atoms with Gasteiger partial charge in [-0.2, -0.15) is 0 Å². The molecule has 0 bridgehead atoms. The van der Waals surface area contributed by atoms with E-state index in [1.807, 2.05) is 30.3 Å². The van der Waals surface area contributed by atoms with Crippen LogP contribution in [0.5, 0.6) is 0 Å². The monoisotopic (exact) mass is 721 g/mol. The molecule has 2 unspecified atom stereocenters. The molecule has 5 nitrogen and oxygen atoms in total. The quantitative estimate of drug-likeness (QED) is 0.203. The zero-order valence-electron chi connectivity index (χ0n) is 33.4. The fourth-order valence-electron chi connectivity index (χ4n) is 8.27. The van der Waals surface area contributed by atoms with Crippen molar-refractivity contribution in [2.45, 2.75) is 212 Å². The van der Waals surface area contributed by atoms with Crippen LogP contribution >= 0.6 is 0 Å². The van der Waals surface area contributed by atoms with E-state index in [-0.39, 0.29) is 23.8 Å². The molecule has 0 spiro atoms. The number of carbonyl (C=O) groups is 2. The highest BCUT2D eigenvalue weighted by molar-refractivity contribution is 5.89. The summed E-state index contributed by atoms with van der Waals surface area (Å²) >= 11 is 0. The number of benzene rings is 1. The second kappa shape index (κ2) is 27.2. The topological polar surface area (TPSA) is 72.8 Å². The normalized spacial score (nSPS) is 21.6. The first-order chi connectivity index (χ1) is 25.4. The molecule has 3 fully saturated rings. The van der Waals surface area contributed by atoms with Crippen LogP contribution in [0.2, 0.25) is 0 Å². The lowest BCUT2D eigenvalue weighted by Gasteiger charge is -2.26. The van der Waals surface area contributed by atoms with Crippen molar-refractivity contribution in [3.63, 3.8) is 0 Å². The smallest absolute Gasteiger partial charge is 0.336 e. The van der Waals surface area contributed by atoms with Crippen LogP contribution in [0.25, 0.3) is 0 Å². The Morgan fingerprint density at radius 1 is 0.673 bits per heavy atom. The molecule has 2 atom stereocenters. The minimum absolute atomic E-state index is 0.0752. The number of esters is 2. The van der Waals surface area contributed by atoms with Gasteiger partial charge in [0.05, 0.1) is 11.7 Å². The van der Waals surface area contributed by atoms with Crippen molar-refractivity contribution >= 4 is 11.9 Å². The standard InChI is InChI=1S/C33H58O2.C14H18O3/c34-33(35-31-26-20-14-8-3-9-15-21-27-31)32(30-24-18-12-6-2-7-13-19-25-30)28-29-22-16-10-4-1-5-11-17-23-29;1-4-13(15)10(2)14(16)17-11(3)12-8-6-5-7-9-12/h28-31H,1-27H2;5-9,11,13,15H,2,4H2,1,3H3. The third kappa shape index (κ3) is 18.1. The highest BCUT2D eigenvalue weighted by Gasteiger charge is 2.27. The zero-order chi connectivity index (χ0) is 37.2.